The number of amides is 1. The lowest BCUT2D eigenvalue weighted by molar-refractivity contribution is 0.190. The van der Waals surface area contributed by atoms with Gasteiger partial charge in [0.15, 0.2) is 0 Å². The molecule has 124 valence electrons. The van der Waals surface area contributed by atoms with E-state index >= 15 is 0 Å². The van der Waals surface area contributed by atoms with Gasteiger partial charge in [-0.3, -0.25) is 4.57 Å². The minimum Gasteiger partial charge on any atom is -0.465 e. The summed E-state index contributed by atoms with van der Waals surface area (Å²) in [5, 5.41) is 11.4. The molecule has 3 aromatic rings. The summed E-state index contributed by atoms with van der Waals surface area (Å²) in [4.78, 5) is 16.5. The van der Waals surface area contributed by atoms with Gasteiger partial charge in [-0.15, -0.1) is 11.8 Å². The van der Waals surface area contributed by atoms with Gasteiger partial charge >= 0.3 is 6.09 Å². The fourth-order valence-electron chi connectivity index (χ4n) is 2.63. The molecule has 1 aromatic heterocycles. The van der Waals surface area contributed by atoms with Crippen LogP contribution in [0.5, 0.6) is 0 Å². The van der Waals surface area contributed by atoms with Crippen LogP contribution in [0.1, 0.15) is 18.8 Å². The van der Waals surface area contributed by atoms with Crippen molar-refractivity contribution in [3.05, 3.63) is 54.1 Å². The Hall–Kier alpha value is -2.54. The average Bonchev–Trinajstić information content (AvgIpc) is 2.92. The molecule has 0 saturated heterocycles. The van der Waals surface area contributed by atoms with E-state index in [1.165, 1.54) is 12.1 Å². The van der Waals surface area contributed by atoms with E-state index in [0.29, 0.717) is 11.3 Å². The van der Waals surface area contributed by atoms with Crippen molar-refractivity contribution < 1.29 is 14.3 Å². The predicted molar refractivity (Wildman–Crippen MR) is 92.4 cm³/mol. The molecular formula is C17H16FN3O2S. The van der Waals surface area contributed by atoms with Crippen molar-refractivity contribution in [3.8, 4) is 5.69 Å². The van der Waals surface area contributed by atoms with E-state index in [1.807, 2.05) is 35.1 Å². The molecule has 0 saturated carbocycles. The van der Waals surface area contributed by atoms with Crippen molar-refractivity contribution in [2.75, 3.05) is 6.26 Å². The third kappa shape index (κ3) is 3.07. The molecule has 3 rings (SSSR count). The van der Waals surface area contributed by atoms with Gasteiger partial charge in [0.25, 0.3) is 0 Å². The summed E-state index contributed by atoms with van der Waals surface area (Å²) < 4.78 is 15.4. The van der Waals surface area contributed by atoms with Crippen molar-refractivity contribution in [1.29, 1.82) is 0 Å². The Morgan fingerprint density at radius 2 is 2.12 bits per heavy atom. The highest BCUT2D eigenvalue weighted by Gasteiger charge is 2.19. The lowest BCUT2D eigenvalue weighted by atomic mass is 10.2. The van der Waals surface area contributed by atoms with Gasteiger partial charge in [-0.2, -0.15) is 0 Å². The van der Waals surface area contributed by atoms with Crippen LogP contribution in [0.15, 0.2) is 47.4 Å². The lowest BCUT2D eigenvalue weighted by Crippen LogP contribution is -2.26. The molecule has 2 aromatic carbocycles. The van der Waals surface area contributed by atoms with Crippen LogP contribution in [0.4, 0.5) is 9.18 Å². The van der Waals surface area contributed by atoms with E-state index in [-0.39, 0.29) is 5.82 Å². The Labute approximate surface area is 142 Å². The van der Waals surface area contributed by atoms with E-state index in [0.717, 1.165) is 16.1 Å². The summed E-state index contributed by atoms with van der Waals surface area (Å²) in [6.45, 7) is 1.71. The molecule has 5 nitrogen and oxygen atoms in total. The summed E-state index contributed by atoms with van der Waals surface area (Å²) in [7, 11) is 0. The molecule has 1 unspecified atom stereocenters. The molecule has 0 radical (unpaired) electrons. The Kier molecular flexibility index (Phi) is 4.44. The van der Waals surface area contributed by atoms with Gasteiger partial charge in [-0.25, -0.2) is 14.2 Å². The van der Waals surface area contributed by atoms with Gasteiger partial charge < -0.3 is 10.4 Å². The number of hydrogen-bond acceptors (Lipinski definition) is 3. The maximum Gasteiger partial charge on any atom is 0.405 e. The van der Waals surface area contributed by atoms with Crippen molar-refractivity contribution >= 4 is 28.9 Å². The standard InChI is InChI=1S/C17H16FN3O2S/c1-10(19-17(22)23)16-20-14-8-11(18)6-7-15(14)21(16)12-4-3-5-13(9-12)24-2/h3-10,19H,1-2H3,(H,22,23). The van der Waals surface area contributed by atoms with E-state index in [1.54, 1.807) is 24.8 Å². The number of imidazole rings is 1. The molecule has 2 N–H and O–H groups in total. The SMILES string of the molecule is CSc1cccc(-n2c(C(C)NC(=O)O)nc3cc(F)ccc32)c1. The number of fused-ring (bicyclic) bond motifs is 1. The second kappa shape index (κ2) is 6.52. The van der Waals surface area contributed by atoms with Crippen molar-refractivity contribution in [2.24, 2.45) is 0 Å². The molecule has 1 amide bonds. The Bertz CT molecular complexity index is 910. The zero-order valence-corrected chi connectivity index (χ0v) is 14.0. The Morgan fingerprint density at radius 3 is 2.83 bits per heavy atom. The number of carbonyl (C=O) groups is 1. The summed E-state index contributed by atoms with van der Waals surface area (Å²) in [6, 6.07) is 11.7. The van der Waals surface area contributed by atoms with Crippen molar-refractivity contribution in [3.63, 3.8) is 0 Å². The summed E-state index contributed by atoms with van der Waals surface area (Å²) >= 11 is 1.61. The zero-order chi connectivity index (χ0) is 17.3. The number of aromatic nitrogens is 2. The first-order valence-electron chi connectivity index (χ1n) is 7.31. The molecule has 24 heavy (non-hydrogen) atoms. The van der Waals surface area contributed by atoms with Crippen LogP contribution in [-0.4, -0.2) is 27.0 Å². The largest absolute Gasteiger partial charge is 0.465 e. The molecule has 0 bridgehead atoms. The van der Waals surface area contributed by atoms with Crippen LogP contribution in [-0.2, 0) is 0 Å². The highest BCUT2D eigenvalue weighted by Crippen LogP contribution is 2.28. The molecule has 0 spiro atoms. The third-order valence-electron chi connectivity index (χ3n) is 3.68. The van der Waals surface area contributed by atoms with Gasteiger partial charge in [0, 0.05) is 16.6 Å². The highest BCUT2D eigenvalue weighted by atomic mass is 32.2. The first-order valence-corrected chi connectivity index (χ1v) is 8.54. The van der Waals surface area contributed by atoms with Gasteiger partial charge in [-0.1, -0.05) is 6.07 Å². The van der Waals surface area contributed by atoms with Crippen LogP contribution in [0.25, 0.3) is 16.7 Å². The molecule has 0 aliphatic rings. The molecule has 0 fully saturated rings. The maximum absolute atomic E-state index is 13.5. The minimum atomic E-state index is -1.13. The predicted octanol–water partition coefficient (Wildman–Crippen LogP) is 4.22. The number of rotatable bonds is 4. The first-order chi connectivity index (χ1) is 11.5. The molecule has 0 aliphatic heterocycles. The number of thioether (sulfide) groups is 1. The topological polar surface area (TPSA) is 67.2 Å². The summed E-state index contributed by atoms with van der Waals surface area (Å²) in [6.07, 6.45) is 0.848. The normalized spacial score (nSPS) is 12.3. The monoisotopic (exact) mass is 345 g/mol. The number of carboxylic acid groups (broad SMARTS) is 1. The quantitative estimate of drug-likeness (QED) is 0.695. The number of halogens is 1. The molecule has 0 aliphatic carbocycles. The van der Waals surface area contributed by atoms with Crippen molar-refractivity contribution in [2.45, 2.75) is 17.9 Å². The van der Waals surface area contributed by atoms with Crippen LogP contribution in [0, 0.1) is 5.82 Å². The van der Waals surface area contributed by atoms with E-state index in [9.17, 15) is 9.18 Å². The number of nitrogens with zero attached hydrogens (tertiary/aromatic N) is 2. The molecule has 1 heterocycles. The first kappa shape index (κ1) is 16.3. The Morgan fingerprint density at radius 1 is 1.33 bits per heavy atom. The number of hydrogen-bond donors (Lipinski definition) is 2. The molecule has 7 heteroatoms. The molecular weight excluding hydrogens is 329 g/mol. The average molecular weight is 345 g/mol. The Balaban J connectivity index is 2.24. The number of nitrogens with one attached hydrogen (secondary N) is 1. The second-order valence-electron chi connectivity index (χ2n) is 5.31. The summed E-state index contributed by atoms with van der Waals surface area (Å²) in [5.41, 5.74) is 2.06. The number of benzene rings is 2. The van der Waals surface area contributed by atoms with Crippen LogP contribution in [0.2, 0.25) is 0 Å². The fourth-order valence-corrected chi connectivity index (χ4v) is 3.09. The lowest BCUT2D eigenvalue weighted by Gasteiger charge is -2.15. The third-order valence-corrected chi connectivity index (χ3v) is 4.41. The van der Waals surface area contributed by atoms with Crippen LogP contribution < -0.4 is 5.32 Å². The highest BCUT2D eigenvalue weighted by molar-refractivity contribution is 7.98. The smallest absolute Gasteiger partial charge is 0.405 e. The van der Waals surface area contributed by atoms with E-state index in [4.69, 9.17) is 5.11 Å². The van der Waals surface area contributed by atoms with Gasteiger partial charge in [0.05, 0.1) is 17.1 Å². The van der Waals surface area contributed by atoms with Gasteiger partial charge in [0.2, 0.25) is 0 Å². The zero-order valence-electron chi connectivity index (χ0n) is 13.2. The fraction of sp³-hybridized carbons (Fsp3) is 0.176. The van der Waals surface area contributed by atoms with E-state index < -0.39 is 12.1 Å². The van der Waals surface area contributed by atoms with Gasteiger partial charge in [-0.05, 0) is 43.5 Å². The minimum absolute atomic E-state index is 0.379. The maximum atomic E-state index is 13.5. The van der Waals surface area contributed by atoms with Crippen LogP contribution >= 0.6 is 11.8 Å². The van der Waals surface area contributed by atoms with E-state index in [2.05, 4.69) is 10.3 Å². The van der Waals surface area contributed by atoms with Crippen molar-refractivity contribution in [1.82, 2.24) is 14.9 Å². The van der Waals surface area contributed by atoms with Gasteiger partial charge in [0.1, 0.15) is 11.6 Å². The van der Waals surface area contributed by atoms with Crippen LogP contribution in [0.3, 0.4) is 0 Å². The summed E-state index contributed by atoms with van der Waals surface area (Å²) in [5.74, 6) is 0.131. The molecule has 1 atom stereocenters. The second-order valence-corrected chi connectivity index (χ2v) is 6.19.